The summed E-state index contributed by atoms with van der Waals surface area (Å²) in [5.41, 5.74) is 0.928. The third-order valence-corrected chi connectivity index (χ3v) is 3.58. The van der Waals surface area contributed by atoms with E-state index in [9.17, 15) is 19.2 Å². The van der Waals surface area contributed by atoms with Crippen molar-refractivity contribution in [3.8, 4) is 0 Å². The number of unbranched alkanes of at least 4 members (excludes halogenated alkanes) is 3. The fraction of sp³-hybridized carbons (Fsp3) is 0.654. The molecule has 0 aromatic heterocycles. The van der Waals surface area contributed by atoms with Gasteiger partial charge in [0.15, 0.2) is 0 Å². The molecule has 31 heavy (non-hydrogen) atoms. The molecule has 5 nitrogen and oxygen atoms in total. The van der Waals surface area contributed by atoms with Gasteiger partial charge in [-0.3, -0.25) is 9.59 Å². The Morgan fingerprint density at radius 1 is 0.806 bits per heavy atom. The van der Waals surface area contributed by atoms with Gasteiger partial charge in [-0.1, -0.05) is 66.0 Å². The van der Waals surface area contributed by atoms with Gasteiger partial charge in [-0.15, -0.1) is 0 Å². The summed E-state index contributed by atoms with van der Waals surface area (Å²) < 4.78 is 0. The minimum Gasteiger partial charge on any atom is -0.304 e. The Balaban J connectivity index is -0.0000000959. The molecule has 0 rings (SSSR count). The Labute approximate surface area is 191 Å². The molecule has 182 valence electrons. The number of rotatable bonds is 12. The van der Waals surface area contributed by atoms with Crippen molar-refractivity contribution in [1.29, 1.82) is 0 Å². The highest BCUT2D eigenvalue weighted by molar-refractivity contribution is 5.72. The number of hydrogen-bond donors (Lipinski definition) is 0. The first-order valence-electron chi connectivity index (χ1n) is 11.4. The van der Waals surface area contributed by atoms with Crippen molar-refractivity contribution in [3.63, 3.8) is 0 Å². The maximum absolute atomic E-state index is 10.2. The van der Waals surface area contributed by atoms with Crippen molar-refractivity contribution in [1.82, 2.24) is 0 Å². The number of allylic oxidation sites excluding steroid dienone is 4. The molecule has 0 aromatic carbocycles. The van der Waals surface area contributed by atoms with Gasteiger partial charge in [0.2, 0.25) is 0 Å². The van der Waals surface area contributed by atoms with Crippen LogP contribution in [0.3, 0.4) is 0 Å². The number of carbonyl (C=O) groups is 5. The highest BCUT2D eigenvalue weighted by Gasteiger charge is 2.01. The number of aldehydes is 5. The van der Waals surface area contributed by atoms with E-state index in [2.05, 4.69) is 20.8 Å². The van der Waals surface area contributed by atoms with Gasteiger partial charge >= 0.3 is 0 Å². The Morgan fingerprint density at radius 3 is 1.55 bits per heavy atom. The second-order valence-corrected chi connectivity index (χ2v) is 6.34. The largest absolute Gasteiger partial charge is 0.304 e. The summed E-state index contributed by atoms with van der Waals surface area (Å²) in [6.07, 6.45) is 18.8. The van der Waals surface area contributed by atoms with Crippen LogP contribution >= 0.6 is 0 Å². The molecule has 0 saturated carbocycles. The van der Waals surface area contributed by atoms with Gasteiger partial charge in [0.05, 0.1) is 0 Å². The molecule has 0 aliphatic heterocycles. The van der Waals surface area contributed by atoms with Crippen LogP contribution in [0.5, 0.6) is 0 Å². The van der Waals surface area contributed by atoms with E-state index < -0.39 is 0 Å². The number of carbonyl (C=O) groups excluding carboxylic acids is 5. The lowest BCUT2D eigenvalue weighted by Crippen LogP contribution is -1.98. The maximum atomic E-state index is 10.2. The van der Waals surface area contributed by atoms with Gasteiger partial charge < -0.3 is 14.4 Å². The molecule has 0 aliphatic rings. The monoisotopic (exact) mass is 440 g/mol. The second kappa shape index (κ2) is 46.2. The molecule has 0 aromatic rings. The summed E-state index contributed by atoms with van der Waals surface area (Å²) in [6.45, 7) is 13.5. The first-order chi connectivity index (χ1) is 14.9. The van der Waals surface area contributed by atoms with E-state index in [0.29, 0.717) is 12.3 Å². The Bertz CT molecular complexity index is 426. The lowest BCUT2D eigenvalue weighted by atomic mass is 10.0. The van der Waals surface area contributed by atoms with E-state index in [1.54, 1.807) is 13.0 Å². The summed E-state index contributed by atoms with van der Waals surface area (Å²) in [4.78, 5) is 47.9. The minimum absolute atomic E-state index is 0.324. The highest BCUT2D eigenvalue weighted by Crippen LogP contribution is 2.08. The van der Waals surface area contributed by atoms with Crippen LogP contribution in [0.15, 0.2) is 23.8 Å². The first-order valence-corrected chi connectivity index (χ1v) is 11.4. The van der Waals surface area contributed by atoms with Gasteiger partial charge in [-0.05, 0) is 57.6 Å². The SMILES string of the molecule is C/C=C/C=O.CC=O.CCC/C=C(\C=O)CC.CCCC=O.CCCCC(C=O)CC. The molecule has 0 amide bonds. The quantitative estimate of drug-likeness (QED) is 0.250. The van der Waals surface area contributed by atoms with Crippen LogP contribution in [0.2, 0.25) is 0 Å². The molecule has 1 atom stereocenters. The summed E-state index contributed by atoms with van der Waals surface area (Å²) in [5.74, 6) is 0.324. The molecule has 0 N–H and O–H groups in total. The molecule has 0 heterocycles. The van der Waals surface area contributed by atoms with Crippen LogP contribution in [0.4, 0.5) is 0 Å². The molecule has 0 aliphatic carbocycles. The van der Waals surface area contributed by atoms with E-state index in [0.717, 1.165) is 75.5 Å². The smallest absolute Gasteiger partial charge is 0.145 e. The average Bonchev–Trinajstić information content (AvgIpc) is 2.78. The zero-order chi connectivity index (χ0) is 25.2. The lowest BCUT2D eigenvalue weighted by Gasteiger charge is -2.03. The highest BCUT2D eigenvalue weighted by atomic mass is 16.1. The molecule has 0 fully saturated rings. The van der Waals surface area contributed by atoms with Crippen LogP contribution in [-0.4, -0.2) is 31.4 Å². The normalized spacial score (nSPS) is 10.2. The van der Waals surface area contributed by atoms with Crippen LogP contribution in [-0.2, 0) is 24.0 Å². The van der Waals surface area contributed by atoms with Crippen LogP contribution in [0.1, 0.15) is 106 Å². The first kappa shape index (κ1) is 39.3. The van der Waals surface area contributed by atoms with E-state index >= 15 is 0 Å². The summed E-state index contributed by atoms with van der Waals surface area (Å²) in [5, 5.41) is 0. The molecule has 0 radical (unpaired) electrons. The van der Waals surface area contributed by atoms with Crippen LogP contribution < -0.4 is 0 Å². The minimum atomic E-state index is 0.324. The van der Waals surface area contributed by atoms with Crippen molar-refractivity contribution in [2.45, 2.75) is 106 Å². The zero-order valence-electron chi connectivity index (χ0n) is 21.1. The van der Waals surface area contributed by atoms with Gasteiger partial charge in [-0.25, -0.2) is 0 Å². The Kier molecular flexibility index (Phi) is 58.6. The van der Waals surface area contributed by atoms with Crippen molar-refractivity contribution >= 4 is 31.4 Å². The number of hydrogen-bond acceptors (Lipinski definition) is 5. The van der Waals surface area contributed by atoms with E-state index in [1.165, 1.54) is 25.8 Å². The Morgan fingerprint density at radius 2 is 1.35 bits per heavy atom. The molecule has 5 heteroatoms. The van der Waals surface area contributed by atoms with Gasteiger partial charge in [0, 0.05) is 12.3 Å². The topological polar surface area (TPSA) is 85.3 Å². The van der Waals surface area contributed by atoms with Crippen molar-refractivity contribution in [3.05, 3.63) is 23.8 Å². The zero-order valence-corrected chi connectivity index (χ0v) is 21.1. The second-order valence-electron chi connectivity index (χ2n) is 6.34. The van der Waals surface area contributed by atoms with E-state index in [-0.39, 0.29) is 0 Å². The summed E-state index contributed by atoms with van der Waals surface area (Å²) in [6, 6.07) is 0. The molecular weight excluding hydrogens is 392 g/mol. The van der Waals surface area contributed by atoms with Crippen molar-refractivity contribution in [2.75, 3.05) is 0 Å². The van der Waals surface area contributed by atoms with Gasteiger partial charge in [0.1, 0.15) is 31.4 Å². The fourth-order valence-electron chi connectivity index (χ4n) is 1.64. The molecule has 0 spiro atoms. The fourth-order valence-corrected chi connectivity index (χ4v) is 1.64. The van der Waals surface area contributed by atoms with Crippen molar-refractivity contribution < 1.29 is 24.0 Å². The molecule has 1 unspecified atom stereocenters. The predicted octanol–water partition coefficient (Wildman–Crippen LogP) is 6.68. The standard InChI is InChI=1S/C8H16O.C8H14O.C4H8O.C4H6O.C2H4O/c2*1-3-5-6-8(4-2)7-9;2*1-2-3-4-5;1-2-3/h7-8H,3-6H2,1-2H3;6-7H,3-5H2,1-2H3;4H,2-3H2,1H3;2-4H,1H3;2H,1H3/b;8-6-;;3-2+;. The van der Waals surface area contributed by atoms with E-state index in [4.69, 9.17) is 4.79 Å². The third kappa shape index (κ3) is 58.4. The summed E-state index contributed by atoms with van der Waals surface area (Å²) in [7, 11) is 0. The summed E-state index contributed by atoms with van der Waals surface area (Å²) >= 11 is 0. The molecule has 0 saturated heterocycles. The van der Waals surface area contributed by atoms with Gasteiger partial charge in [0.25, 0.3) is 0 Å². The molecular formula is C26H48O5. The van der Waals surface area contributed by atoms with E-state index in [1.807, 2.05) is 19.9 Å². The van der Waals surface area contributed by atoms with Gasteiger partial charge in [-0.2, -0.15) is 0 Å². The predicted molar refractivity (Wildman–Crippen MR) is 132 cm³/mol. The van der Waals surface area contributed by atoms with Crippen molar-refractivity contribution in [2.24, 2.45) is 5.92 Å². The van der Waals surface area contributed by atoms with Crippen LogP contribution in [0.25, 0.3) is 0 Å². The molecule has 0 bridgehead atoms. The Hall–Kier alpha value is -2.17. The lowest BCUT2D eigenvalue weighted by molar-refractivity contribution is -0.111. The average molecular weight is 441 g/mol. The maximum Gasteiger partial charge on any atom is 0.145 e. The third-order valence-electron chi connectivity index (χ3n) is 3.58. The van der Waals surface area contributed by atoms with Crippen LogP contribution in [0, 0.1) is 5.92 Å².